The molecule has 1 aliphatic heterocycles. The molecule has 3 nitrogen and oxygen atoms in total. The first-order valence-electron chi connectivity index (χ1n) is 4.19. The molecule has 1 heterocycles. The van der Waals surface area contributed by atoms with E-state index in [2.05, 4.69) is 23.5 Å². The summed E-state index contributed by atoms with van der Waals surface area (Å²) in [5.74, 6) is 0. The molecule has 11 heavy (non-hydrogen) atoms. The van der Waals surface area contributed by atoms with Crippen molar-refractivity contribution in [3.05, 3.63) is 0 Å². The summed E-state index contributed by atoms with van der Waals surface area (Å²) in [4.78, 5) is 6.29. The zero-order chi connectivity index (χ0) is 8.27. The summed E-state index contributed by atoms with van der Waals surface area (Å²) in [6.45, 7) is 7.75. The van der Waals surface area contributed by atoms with Crippen molar-refractivity contribution < 1.29 is 0 Å². The highest BCUT2D eigenvalue weighted by Gasteiger charge is 2.18. The number of rotatable bonds is 2. The molecule has 1 saturated heterocycles. The zero-order valence-electron chi connectivity index (χ0n) is 7.16. The maximum absolute atomic E-state index is 5.77. The third-order valence-electron chi connectivity index (χ3n) is 2.37. The molecule has 0 amide bonds. The van der Waals surface area contributed by atoms with Crippen LogP contribution < -0.4 is 5.73 Å². The quantitative estimate of drug-likeness (QED) is 0.588. The molecule has 3 heteroatoms. The minimum absolute atomic E-state index is 0.266. The Kier molecular flexibility index (Phi) is 3.02. The molecule has 0 bridgehead atoms. The van der Waals surface area contributed by atoms with E-state index in [4.69, 9.17) is 5.73 Å². The highest BCUT2D eigenvalue weighted by molar-refractivity contribution is 5.23. The fourth-order valence-corrected chi connectivity index (χ4v) is 1.41. The Morgan fingerprint density at radius 1 is 1.55 bits per heavy atom. The second kappa shape index (κ2) is 3.83. The maximum atomic E-state index is 5.77. The highest BCUT2D eigenvalue weighted by atomic mass is 15.2. The van der Waals surface area contributed by atoms with E-state index in [-0.39, 0.29) is 6.17 Å². The Morgan fingerprint density at radius 3 is 2.55 bits per heavy atom. The average Bonchev–Trinajstić information content (AvgIpc) is 2.05. The van der Waals surface area contributed by atoms with Crippen molar-refractivity contribution in [2.75, 3.05) is 13.1 Å². The van der Waals surface area contributed by atoms with Gasteiger partial charge in [0.15, 0.2) is 0 Å². The van der Waals surface area contributed by atoms with Crippen molar-refractivity contribution in [1.29, 1.82) is 0 Å². The molecule has 2 N–H and O–H groups in total. The molecule has 0 spiro atoms. The highest BCUT2D eigenvalue weighted by Crippen LogP contribution is 2.11. The van der Waals surface area contributed by atoms with E-state index in [9.17, 15) is 0 Å². The summed E-state index contributed by atoms with van der Waals surface area (Å²) in [6.07, 6.45) is 2.46. The molecule has 0 aromatic carbocycles. The Balaban J connectivity index is 2.32. The summed E-state index contributed by atoms with van der Waals surface area (Å²) in [6, 6.07) is 0.406. The van der Waals surface area contributed by atoms with Gasteiger partial charge in [-0.3, -0.25) is 9.89 Å². The largest absolute Gasteiger partial charge is 0.328 e. The lowest BCUT2D eigenvalue weighted by molar-refractivity contribution is 0.168. The molecule has 64 valence electrons. The van der Waals surface area contributed by atoms with Gasteiger partial charge in [0.05, 0.1) is 6.17 Å². The molecule has 1 atom stereocenters. The van der Waals surface area contributed by atoms with Crippen molar-refractivity contribution >= 4 is 6.72 Å². The molecule has 0 radical (unpaired) electrons. The van der Waals surface area contributed by atoms with Crippen molar-refractivity contribution in [2.45, 2.75) is 32.0 Å². The molecule has 1 rings (SSSR count). The van der Waals surface area contributed by atoms with Crippen LogP contribution in [0.2, 0.25) is 0 Å². The number of nitrogens with zero attached hydrogens (tertiary/aromatic N) is 2. The van der Waals surface area contributed by atoms with E-state index in [0.717, 1.165) is 25.9 Å². The van der Waals surface area contributed by atoms with Gasteiger partial charge in [0, 0.05) is 19.1 Å². The van der Waals surface area contributed by atoms with Gasteiger partial charge in [0.1, 0.15) is 0 Å². The lowest BCUT2D eigenvalue weighted by atomic mass is 10.1. The van der Waals surface area contributed by atoms with E-state index in [1.165, 1.54) is 0 Å². The third-order valence-corrected chi connectivity index (χ3v) is 2.37. The van der Waals surface area contributed by atoms with Crippen LogP contribution in [0.3, 0.4) is 0 Å². The second-order valence-corrected chi connectivity index (χ2v) is 3.19. The number of aliphatic imine (C=N–C) groups is 1. The fourth-order valence-electron chi connectivity index (χ4n) is 1.41. The van der Waals surface area contributed by atoms with Gasteiger partial charge < -0.3 is 5.73 Å². The van der Waals surface area contributed by atoms with Gasteiger partial charge in [0.25, 0.3) is 0 Å². The summed E-state index contributed by atoms with van der Waals surface area (Å²) < 4.78 is 0. The van der Waals surface area contributed by atoms with Gasteiger partial charge in [-0.25, -0.2) is 0 Å². The molecular weight excluding hydrogens is 138 g/mol. The van der Waals surface area contributed by atoms with Gasteiger partial charge in [-0.2, -0.15) is 0 Å². The Morgan fingerprint density at radius 2 is 2.09 bits per heavy atom. The first-order chi connectivity index (χ1) is 5.24. The van der Waals surface area contributed by atoms with Crippen molar-refractivity contribution in [3.8, 4) is 0 Å². The third kappa shape index (κ3) is 2.27. The van der Waals surface area contributed by atoms with Gasteiger partial charge in [-0.1, -0.05) is 0 Å². The van der Waals surface area contributed by atoms with Gasteiger partial charge in [0.2, 0.25) is 0 Å². The smallest absolute Gasteiger partial charge is 0.0983 e. The van der Waals surface area contributed by atoms with Crippen LogP contribution in [0.25, 0.3) is 0 Å². The van der Waals surface area contributed by atoms with Crippen LogP contribution in [0.15, 0.2) is 4.99 Å². The van der Waals surface area contributed by atoms with E-state index < -0.39 is 0 Å². The zero-order valence-corrected chi connectivity index (χ0v) is 7.16. The summed E-state index contributed by atoms with van der Waals surface area (Å²) in [7, 11) is 0. The Labute approximate surface area is 68.3 Å². The fraction of sp³-hybridized carbons (Fsp3) is 0.875. The van der Waals surface area contributed by atoms with E-state index in [1.54, 1.807) is 0 Å². The minimum atomic E-state index is 0.266. The van der Waals surface area contributed by atoms with Gasteiger partial charge in [-0.05, 0) is 26.5 Å². The van der Waals surface area contributed by atoms with Crippen molar-refractivity contribution in [2.24, 2.45) is 10.7 Å². The van der Waals surface area contributed by atoms with Crippen LogP contribution in [-0.2, 0) is 0 Å². The average molecular weight is 155 g/mol. The van der Waals surface area contributed by atoms with Crippen LogP contribution in [0.5, 0.6) is 0 Å². The lowest BCUT2D eigenvalue weighted by Crippen LogP contribution is -2.43. The number of nitrogens with two attached hydrogens (primary N) is 1. The van der Waals surface area contributed by atoms with Crippen molar-refractivity contribution in [1.82, 2.24) is 4.90 Å². The Hall–Kier alpha value is -0.410. The predicted molar refractivity (Wildman–Crippen MR) is 47.8 cm³/mol. The first kappa shape index (κ1) is 8.68. The van der Waals surface area contributed by atoms with Crippen LogP contribution in [0, 0.1) is 0 Å². The molecule has 0 aliphatic carbocycles. The van der Waals surface area contributed by atoms with Gasteiger partial charge in [-0.15, -0.1) is 0 Å². The van der Waals surface area contributed by atoms with Crippen LogP contribution in [0.4, 0.5) is 0 Å². The predicted octanol–water partition coefficient (Wildman–Crippen LogP) is 0.456. The monoisotopic (exact) mass is 155 g/mol. The Bertz CT molecular complexity index is 127. The maximum Gasteiger partial charge on any atom is 0.0983 e. The second-order valence-electron chi connectivity index (χ2n) is 3.19. The first-order valence-corrected chi connectivity index (χ1v) is 4.19. The molecule has 0 saturated carbocycles. The molecule has 1 fully saturated rings. The van der Waals surface area contributed by atoms with Crippen LogP contribution >= 0.6 is 0 Å². The number of piperidine rings is 1. The number of likely N-dealkylation sites (tertiary alicyclic amines) is 1. The molecule has 1 aliphatic rings. The standard InChI is InChI=1S/C8H17N3/c1-7(10-2)11-5-3-8(9)4-6-11/h7-8H,2-6,9H2,1H3. The van der Waals surface area contributed by atoms with Gasteiger partial charge >= 0.3 is 0 Å². The minimum Gasteiger partial charge on any atom is -0.328 e. The summed E-state index contributed by atoms with van der Waals surface area (Å²) >= 11 is 0. The van der Waals surface area contributed by atoms with Crippen LogP contribution in [-0.4, -0.2) is 36.9 Å². The van der Waals surface area contributed by atoms with E-state index in [1.807, 2.05) is 0 Å². The summed E-state index contributed by atoms with van der Waals surface area (Å²) in [5, 5.41) is 0. The SMILES string of the molecule is C=NC(C)N1CCC(N)CC1. The van der Waals surface area contributed by atoms with Crippen molar-refractivity contribution in [3.63, 3.8) is 0 Å². The van der Waals surface area contributed by atoms with E-state index >= 15 is 0 Å². The molecular formula is C8H17N3. The molecule has 1 unspecified atom stereocenters. The van der Waals surface area contributed by atoms with Crippen LogP contribution in [0.1, 0.15) is 19.8 Å². The lowest BCUT2D eigenvalue weighted by Gasteiger charge is -2.32. The normalized spacial score (nSPS) is 24.9. The number of hydrogen-bond acceptors (Lipinski definition) is 3. The molecule has 0 aromatic rings. The summed E-state index contributed by atoms with van der Waals surface area (Å²) in [5.41, 5.74) is 5.77. The number of hydrogen-bond donors (Lipinski definition) is 1. The van der Waals surface area contributed by atoms with E-state index in [0.29, 0.717) is 6.04 Å². The molecule has 0 aromatic heterocycles. The topological polar surface area (TPSA) is 41.6 Å².